The first-order valence-corrected chi connectivity index (χ1v) is 5.84. The highest BCUT2D eigenvalue weighted by Gasteiger charge is 2.12. The predicted octanol–water partition coefficient (Wildman–Crippen LogP) is 2.46. The molecule has 1 unspecified atom stereocenters. The zero-order valence-corrected chi connectivity index (χ0v) is 10.4. The summed E-state index contributed by atoms with van der Waals surface area (Å²) in [5, 5.41) is 7.27. The fraction of sp³-hybridized carbons (Fsp3) is 0.667. The molecule has 0 bridgehead atoms. The summed E-state index contributed by atoms with van der Waals surface area (Å²) in [5.74, 6) is 2.43. The third kappa shape index (κ3) is 8.35. The molecule has 0 aromatic heterocycles. The van der Waals surface area contributed by atoms with E-state index in [-0.39, 0.29) is 0 Å². The van der Waals surface area contributed by atoms with Crippen molar-refractivity contribution in [2.45, 2.75) is 39.2 Å². The lowest BCUT2D eigenvalue weighted by Crippen LogP contribution is -2.32. The van der Waals surface area contributed by atoms with Crippen LogP contribution in [0.3, 0.4) is 0 Å². The van der Waals surface area contributed by atoms with Gasteiger partial charge in [-0.05, 0) is 26.3 Å². The van der Waals surface area contributed by atoms with E-state index in [1.54, 1.807) is 0 Å². The summed E-state index contributed by atoms with van der Waals surface area (Å²) in [4.78, 5) is 0. The van der Waals surface area contributed by atoms with Crippen LogP contribution in [0.25, 0.3) is 0 Å². The quantitative estimate of drug-likeness (QED) is 0.573. The summed E-state index contributed by atoms with van der Waals surface area (Å²) in [5.41, 5.74) is 0. The van der Waals surface area contributed by atoms with Gasteiger partial charge in [-0.1, -0.05) is 24.6 Å². The van der Waals surface area contributed by atoms with Crippen molar-refractivity contribution in [2.75, 3.05) is 13.1 Å². The Balaban J connectivity index is 0.000000423. The molecule has 1 aliphatic rings. The van der Waals surface area contributed by atoms with E-state index >= 15 is 0 Å². The molecule has 1 fully saturated rings. The molecule has 1 atom stereocenters. The van der Waals surface area contributed by atoms with Crippen LogP contribution in [0, 0.1) is 12.3 Å². The van der Waals surface area contributed by atoms with Crippen molar-refractivity contribution in [1.82, 2.24) is 10.6 Å². The standard InChI is InChI=1S/C8H15ClN2.C4H6/c1-2-8(9)11-6-7-4-3-5-10-7;1-3-4-2/h2,7,10-11H,3-6H2,1H3;1H,4H2,2H3/b8-2-;. The number of terminal acetylenes is 1. The van der Waals surface area contributed by atoms with Gasteiger partial charge in [0.25, 0.3) is 0 Å². The number of nitrogens with one attached hydrogen (secondary N) is 2. The molecule has 1 heterocycles. The first-order chi connectivity index (χ1) is 7.24. The van der Waals surface area contributed by atoms with Gasteiger partial charge in [-0.15, -0.1) is 12.3 Å². The van der Waals surface area contributed by atoms with Gasteiger partial charge in [0.05, 0.1) is 5.16 Å². The number of allylic oxidation sites excluding steroid dienone is 1. The van der Waals surface area contributed by atoms with Gasteiger partial charge in [0.2, 0.25) is 0 Å². The van der Waals surface area contributed by atoms with E-state index in [1.165, 1.54) is 12.8 Å². The minimum absolute atomic E-state index is 0.615. The van der Waals surface area contributed by atoms with Gasteiger partial charge >= 0.3 is 0 Å². The van der Waals surface area contributed by atoms with Crippen LogP contribution in [0.2, 0.25) is 0 Å². The molecule has 3 heteroatoms. The Hall–Kier alpha value is -0.650. The van der Waals surface area contributed by atoms with Crippen LogP contribution < -0.4 is 10.6 Å². The van der Waals surface area contributed by atoms with Gasteiger partial charge in [-0.3, -0.25) is 0 Å². The van der Waals surface area contributed by atoms with Crippen LogP contribution >= 0.6 is 11.6 Å². The summed E-state index contributed by atoms with van der Waals surface area (Å²) >= 11 is 5.77. The van der Waals surface area contributed by atoms with E-state index < -0.39 is 0 Å². The van der Waals surface area contributed by atoms with E-state index in [1.807, 2.05) is 19.9 Å². The highest BCUT2D eigenvalue weighted by atomic mass is 35.5. The predicted molar refractivity (Wildman–Crippen MR) is 67.8 cm³/mol. The van der Waals surface area contributed by atoms with E-state index in [4.69, 9.17) is 18.0 Å². The molecular formula is C12H21ClN2. The van der Waals surface area contributed by atoms with Crippen molar-refractivity contribution in [3.8, 4) is 12.3 Å². The molecule has 2 N–H and O–H groups in total. The second-order valence-electron chi connectivity index (χ2n) is 3.37. The molecule has 0 aliphatic carbocycles. The minimum atomic E-state index is 0.615. The third-order valence-corrected chi connectivity index (χ3v) is 2.49. The zero-order chi connectivity index (χ0) is 11.5. The van der Waals surface area contributed by atoms with Crippen molar-refractivity contribution < 1.29 is 0 Å². The zero-order valence-electron chi connectivity index (χ0n) is 9.65. The van der Waals surface area contributed by atoms with Crippen LogP contribution in [0.5, 0.6) is 0 Å². The largest absolute Gasteiger partial charge is 0.375 e. The Labute approximate surface area is 98.5 Å². The average molecular weight is 229 g/mol. The van der Waals surface area contributed by atoms with E-state index in [0.29, 0.717) is 6.04 Å². The Morgan fingerprint density at radius 2 is 2.40 bits per heavy atom. The van der Waals surface area contributed by atoms with Crippen LogP contribution in [-0.4, -0.2) is 19.1 Å². The van der Waals surface area contributed by atoms with Crippen LogP contribution in [0.4, 0.5) is 0 Å². The minimum Gasteiger partial charge on any atom is -0.375 e. The van der Waals surface area contributed by atoms with E-state index in [0.717, 1.165) is 24.7 Å². The summed E-state index contributed by atoms with van der Waals surface area (Å²) in [6.45, 7) is 5.97. The molecule has 0 radical (unpaired) electrons. The van der Waals surface area contributed by atoms with E-state index in [2.05, 4.69) is 16.6 Å². The molecule has 1 rings (SSSR count). The number of halogens is 1. The average Bonchev–Trinajstić information content (AvgIpc) is 2.79. The Morgan fingerprint density at radius 1 is 1.73 bits per heavy atom. The lowest BCUT2D eigenvalue weighted by Gasteiger charge is -2.10. The summed E-state index contributed by atoms with van der Waals surface area (Å²) in [7, 11) is 0. The molecule has 15 heavy (non-hydrogen) atoms. The Kier molecular flexibility index (Phi) is 9.46. The first kappa shape index (κ1) is 14.3. The van der Waals surface area contributed by atoms with Crippen LogP contribution in [-0.2, 0) is 0 Å². The monoisotopic (exact) mass is 228 g/mol. The maximum atomic E-state index is 5.77. The molecule has 0 saturated carbocycles. The van der Waals surface area contributed by atoms with Gasteiger partial charge in [0.15, 0.2) is 0 Å². The van der Waals surface area contributed by atoms with Gasteiger partial charge < -0.3 is 10.6 Å². The number of rotatable bonds is 3. The molecule has 0 aromatic rings. The maximum absolute atomic E-state index is 5.77. The third-order valence-electron chi connectivity index (χ3n) is 2.14. The summed E-state index contributed by atoms with van der Waals surface area (Å²) < 4.78 is 0. The smallest absolute Gasteiger partial charge is 0.0975 e. The first-order valence-electron chi connectivity index (χ1n) is 5.47. The number of hydrogen-bond donors (Lipinski definition) is 2. The van der Waals surface area contributed by atoms with Gasteiger partial charge in [-0.2, -0.15) is 0 Å². The van der Waals surface area contributed by atoms with Gasteiger partial charge in [0.1, 0.15) is 0 Å². The summed E-state index contributed by atoms with van der Waals surface area (Å²) in [6, 6.07) is 0.615. The topological polar surface area (TPSA) is 24.1 Å². The molecule has 1 aliphatic heterocycles. The lowest BCUT2D eigenvalue weighted by molar-refractivity contribution is 0.576. The maximum Gasteiger partial charge on any atom is 0.0975 e. The van der Waals surface area contributed by atoms with Crippen molar-refractivity contribution in [1.29, 1.82) is 0 Å². The molecule has 1 saturated heterocycles. The van der Waals surface area contributed by atoms with Gasteiger partial charge in [-0.25, -0.2) is 0 Å². The Morgan fingerprint density at radius 3 is 2.80 bits per heavy atom. The fourth-order valence-electron chi connectivity index (χ4n) is 1.25. The van der Waals surface area contributed by atoms with Gasteiger partial charge in [0, 0.05) is 19.0 Å². The normalized spacial score (nSPS) is 20.1. The second-order valence-corrected chi connectivity index (χ2v) is 3.78. The second kappa shape index (κ2) is 9.89. The molecule has 0 aromatic carbocycles. The van der Waals surface area contributed by atoms with Crippen LogP contribution in [0.15, 0.2) is 11.2 Å². The highest BCUT2D eigenvalue weighted by molar-refractivity contribution is 6.29. The summed E-state index contributed by atoms with van der Waals surface area (Å²) in [6.07, 6.45) is 10.1. The van der Waals surface area contributed by atoms with Crippen molar-refractivity contribution >= 4 is 11.6 Å². The van der Waals surface area contributed by atoms with Crippen LogP contribution in [0.1, 0.15) is 33.1 Å². The molecule has 0 spiro atoms. The molecular weight excluding hydrogens is 208 g/mol. The molecule has 0 amide bonds. The SMILES string of the molecule is C#CCC.C/C=C(/Cl)NCC1CCCN1. The Bertz CT molecular complexity index is 212. The van der Waals surface area contributed by atoms with E-state index in [9.17, 15) is 0 Å². The van der Waals surface area contributed by atoms with Crippen molar-refractivity contribution in [2.24, 2.45) is 0 Å². The van der Waals surface area contributed by atoms with Crippen molar-refractivity contribution in [3.63, 3.8) is 0 Å². The highest BCUT2D eigenvalue weighted by Crippen LogP contribution is 2.04. The van der Waals surface area contributed by atoms with Crippen molar-refractivity contribution in [3.05, 3.63) is 11.2 Å². The lowest BCUT2D eigenvalue weighted by atomic mass is 10.2. The number of hydrogen-bond acceptors (Lipinski definition) is 2. The fourth-order valence-corrected chi connectivity index (χ4v) is 1.33. The molecule has 2 nitrogen and oxygen atoms in total. The molecule has 86 valence electrons.